The summed E-state index contributed by atoms with van der Waals surface area (Å²) in [5, 5.41) is 6.78. The molecular formula is C10H13F3N4O. The number of Topliss-reactive ketones (excluding diaryl/α,β-unsaturated/α-hetero) is 1. The zero-order valence-electron chi connectivity index (χ0n) is 9.65. The maximum atomic E-state index is 12.1. The summed E-state index contributed by atoms with van der Waals surface area (Å²) >= 11 is 0. The van der Waals surface area contributed by atoms with E-state index in [2.05, 4.69) is 15.2 Å². The fourth-order valence-corrected chi connectivity index (χ4v) is 1.91. The predicted molar refractivity (Wildman–Crippen MR) is 56.1 cm³/mol. The van der Waals surface area contributed by atoms with Crippen molar-refractivity contribution in [3.05, 3.63) is 11.9 Å². The molecule has 8 heteroatoms. The number of rotatable bonds is 4. The zero-order chi connectivity index (χ0) is 13.2. The van der Waals surface area contributed by atoms with Crippen molar-refractivity contribution < 1.29 is 18.0 Å². The van der Waals surface area contributed by atoms with E-state index in [-0.39, 0.29) is 0 Å². The van der Waals surface area contributed by atoms with E-state index in [0.717, 1.165) is 32.1 Å². The van der Waals surface area contributed by atoms with Crippen LogP contribution in [-0.4, -0.2) is 51.5 Å². The Balaban J connectivity index is 1.91. The third-order valence-electron chi connectivity index (χ3n) is 2.87. The second kappa shape index (κ2) is 5.05. The summed E-state index contributed by atoms with van der Waals surface area (Å²) in [5.41, 5.74) is -0.649. The average molecular weight is 262 g/mol. The Morgan fingerprint density at radius 1 is 1.28 bits per heavy atom. The van der Waals surface area contributed by atoms with Gasteiger partial charge in [0.05, 0.1) is 12.7 Å². The molecule has 1 saturated heterocycles. The lowest BCUT2D eigenvalue weighted by Gasteiger charge is -2.13. The number of carbonyl (C=O) groups excluding carboxylic acids is 1. The van der Waals surface area contributed by atoms with Crippen LogP contribution in [0.2, 0.25) is 0 Å². The highest BCUT2D eigenvalue weighted by atomic mass is 19.4. The van der Waals surface area contributed by atoms with Crippen LogP contribution in [0.25, 0.3) is 0 Å². The predicted octanol–water partition coefficient (Wildman–Crippen LogP) is 1.12. The van der Waals surface area contributed by atoms with Gasteiger partial charge in [-0.15, -0.1) is 5.10 Å². The van der Waals surface area contributed by atoms with Crippen molar-refractivity contribution in [3.63, 3.8) is 0 Å². The van der Waals surface area contributed by atoms with Crippen LogP contribution in [0.15, 0.2) is 6.20 Å². The number of ketones is 1. The van der Waals surface area contributed by atoms with Gasteiger partial charge in [0.15, 0.2) is 5.69 Å². The van der Waals surface area contributed by atoms with Crippen molar-refractivity contribution in [1.82, 2.24) is 19.9 Å². The highest BCUT2D eigenvalue weighted by molar-refractivity contribution is 5.98. The lowest BCUT2D eigenvalue weighted by Crippen LogP contribution is -2.24. The molecule has 100 valence electrons. The van der Waals surface area contributed by atoms with Crippen molar-refractivity contribution in [2.24, 2.45) is 0 Å². The van der Waals surface area contributed by atoms with Crippen molar-refractivity contribution in [2.75, 3.05) is 19.6 Å². The van der Waals surface area contributed by atoms with Crippen molar-refractivity contribution >= 4 is 5.78 Å². The van der Waals surface area contributed by atoms with Gasteiger partial charge in [0.2, 0.25) is 0 Å². The molecule has 0 unspecified atom stereocenters. The molecule has 1 fully saturated rings. The molecule has 0 aromatic carbocycles. The van der Waals surface area contributed by atoms with E-state index in [1.807, 2.05) is 0 Å². The van der Waals surface area contributed by atoms with Gasteiger partial charge in [0.25, 0.3) is 5.78 Å². The van der Waals surface area contributed by atoms with Gasteiger partial charge in [-0.1, -0.05) is 5.21 Å². The molecular weight excluding hydrogens is 249 g/mol. The SMILES string of the molecule is O=C(c1cn(CCN2CCCC2)nn1)C(F)(F)F. The van der Waals surface area contributed by atoms with Gasteiger partial charge in [0, 0.05) is 6.54 Å². The highest BCUT2D eigenvalue weighted by Gasteiger charge is 2.41. The Morgan fingerprint density at radius 2 is 1.94 bits per heavy atom. The smallest absolute Gasteiger partial charge is 0.301 e. The van der Waals surface area contributed by atoms with Gasteiger partial charge < -0.3 is 4.90 Å². The van der Waals surface area contributed by atoms with E-state index >= 15 is 0 Å². The van der Waals surface area contributed by atoms with Crippen molar-refractivity contribution in [1.29, 1.82) is 0 Å². The Hall–Kier alpha value is -1.44. The molecule has 0 N–H and O–H groups in total. The van der Waals surface area contributed by atoms with Gasteiger partial charge in [-0.3, -0.25) is 9.48 Å². The number of halogens is 3. The fraction of sp³-hybridized carbons (Fsp3) is 0.700. The van der Waals surface area contributed by atoms with Crippen LogP contribution in [-0.2, 0) is 6.54 Å². The van der Waals surface area contributed by atoms with E-state index < -0.39 is 17.7 Å². The van der Waals surface area contributed by atoms with Gasteiger partial charge in [-0.25, -0.2) is 0 Å². The van der Waals surface area contributed by atoms with E-state index in [0.29, 0.717) is 13.1 Å². The lowest BCUT2D eigenvalue weighted by molar-refractivity contribution is -0.0888. The minimum absolute atomic E-state index is 0.443. The first-order valence-electron chi connectivity index (χ1n) is 5.71. The van der Waals surface area contributed by atoms with Gasteiger partial charge in [0.1, 0.15) is 0 Å². The Kier molecular flexibility index (Phi) is 3.65. The summed E-state index contributed by atoms with van der Waals surface area (Å²) in [6, 6.07) is 0. The topological polar surface area (TPSA) is 51.0 Å². The first-order chi connectivity index (χ1) is 8.47. The molecule has 0 saturated carbocycles. The number of hydrogen-bond donors (Lipinski definition) is 0. The molecule has 0 spiro atoms. The second-order valence-corrected chi connectivity index (χ2v) is 4.24. The lowest BCUT2D eigenvalue weighted by atomic mass is 10.3. The Labute approximate surface area is 102 Å². The molecule has 2 rings (SSSR count). The Bertz CT molecular complexity index is 423. The zero-order valence-corrected chi connectivity index (χ0v) is 9.65. The minimum atomic E-state index is -4.89. The normalized spacial score (nSPS) is 17.3. The standard InChI is InChI=1S/C10H13F3N4O/c11-10(12,13)9(18)8-7-17(15-14-8)6-5-16-3-1-2-4-16/h7H,1-6H2. The summed E-state index contributed by atoms with van der Waals surface area (Å²) in [6.45, 7) is 3.16. The van der Waals surface area contributed by atoms with E-state index in [4.69, 9.17) is 0 Å². The molecule has 1 aromatic rings. The fourth-order valence-electron chi connectivity index (χ4n) is 1.91. The highest BCUT2D eigenvalue weighted by Crippen LogP contribution is 2.19. The summed E-state index contributed by atoms with van der Waals surface area (Å²) < 4.78 is 37.7. The quantitative estimate of drug-likeness (QED) is 0.763. The molecule has 0 aliphatic carbocycles. The largest absolute Gasteiger partial charge is 0.456 e. The molecule has 0 bridgehead atoms. The van der Waals surface area contributed by atoms with Crippen LogP contribution >= 0.6 is 0 Å². The molecule has 1 aliphatic rings. The van der Waals surface area contributed by atoms with Crippen LogP contribution < -0.4 is 0 Å². The summed E-state index contributed by atoms with van der Waals surface area (Å²) in [6.07, 6.45) is -1.55. The van der Waals surface area contributed by atoms with E-state index in [9.17, 15) is 18.0 Å². The summed E-state index contributed by atoms with van der Waals surface area (Å²) in [7, 11) is 0. The van der Waals surface area contributed by atoms with E-state index in [1.165, 1.54) is 4.68 Å². The molecule has 5 nitrogen and oxygen atoms in total. The van der Waals surface area contributed by atoms with Gasteiger partial charge >= 0.3 is 6.18 Å². The summed E-state index contributed by atoms with van der Waals surface area (Å²) in [5.74, 6) is -1.95. The van der Waals surface area contributed by atoms with Gasteiger partial charge in [-0.05, 0) is 25.9 Å². The monoisotopic (exact) mass is 262 g/mol. The van der Waals surface area contributed by atoms with Crippen LogP contribution in [0.3, 0.4) is 0 Å². The van der Waals surface area contributed by atoms with Crippen LogP contribution in [0.4, 0.5) is 13.2 Å². The minimum Gasteiger partial charge on any atom is -0.301 e. The number of alkyl halides is 3. The first kappa shape index (κ1) is 13.0. The van der Waals surface area contributed by atoms with Crippen LogP contribution in [0, 0.1) is 0 Å². The molecule has 1 aliphatic heterocycles. The number of carbonyl (C=O) groups is 1. The molecule has 0 amide bonds. The van der Waals surface area contributed by atoms with Gasteiger partial charge in [-0.2, -0.15) is 13.2 Å². The Morgan fingerprint density at radius 3 is 2.56 bits per heavy atom. The third kappa shape index (κ3) is 3.06. The average Bonchev–Trinajstić information content (AvgIpc) is 2.95. The first-order valence-corrected chi connectivity index (χ1v) is 5.71. The summed E-state index contributed by atoms with van der Waals surface area (Å²) in [4.78, 5) is 13.1. The van der Waals surface area contributed by atoms with E-state index in [1.54, 1.807) is 0 Å². The molecule has 0 radical (unpaired) electrons. The maximum absolute atomic E-state index is 12.1. The third-order valence-corrected chi connectivity index (χ3v) is 2.87. The van der Waals surface area contributed by atoms with Crippen LogP contribution in [0.1, 0.15) is 23.3 Å². The number of likely N-dealkylation sites (tertiary alicyclic amines) is 1. The number of aromatic nitrogens is 3. The molecule has 2 heterocycles. The molecule has 1 aromatic heterocycles. The number of hydrogen-bond acceptors (Lipinski definition) is 4. The molecule has 0 atom stereocenters. The maximum Gasteiger partial charge on any atom is 0.456 e. The van der Waals surface area contributed by atoms with Crippen molar-refractivity contribution in [2.45, 2.75) is 25.6 Å². The number of nitrogens with zero attached hydrogens (tertiary/aromatic N) is 4. The van der Waals surface area contributed by atoms with Crippen LogP contribution in [0.5, 0.6) is 0 Å². The van der Waals surface area contributed by atoms with Crippen molar-refractivity contribution in [3.8, 4) is 0 Å². The molecule has 18 heavy (non-hydrogen) atoms. The second-order valence-electron chi connectivity index (χ2n) is 4.24.